The number of nitro benzene ring substituents is 1. The molecule has 0 aliphatic carbocycles. The zero-order valence-corrected chi connectivity index (χ0v) is 19.3. The van der Waals surface area contributed by atoms with Gasteiger partial charge in [-0.2, -0.15) is 5.26 Å². The molecule has 2 fully saturated rings. The number of nitriles is 1. The summed E-state index contributed by atoms with van der Waals surface area (Å²) in [6.45, 7) is 4.17. The van der Waals surface area contributed by atoms with Gasteiger partial charge in [0.15, 0.2) is 0 Å². The summed E-state index contributed by atoms with van der Waals surface area (Å²) in [6, 6.07) is 9.68. The molecule has 0 spiro atoms. The molecule has 0 N–H and O–H groups in total. The Labute approximate surface area is 182 Å². The molecule has 9 nitrogen and oxygen atoms in total. The molecule has 0 aromatic heterocycles. The average Bonchev–Trinajstić information content (AvgIpc) is 3.45. The van der Waals surface area contributed by atoms with Crippen molar-refractivity contribution in [2.24, 2.45) is 0 Å². The maximum absolute atomic E-state index is 10.0. The number of hydrogen-bond donors (Lipinski definition) is 0. The Hall–Kier alpha value is -1.74. The summed E-state index contributed by atoms with van der Waals surface area (Å²) in [5, 5.41) is 17.3. The van der Waals surface area contributed by atoms with Crippen LogP contribution in [0, 0.1) is 21.4 Å². The second-order valence-corrected chi connectivity index (χ2v) is 7.40. The highest BCUT2D eigenvalue weighted by atomic mass is 32.2. The molecule has 0 amide bonds. The van der Waals surface area contributed by atoms with E-state index >= 15 is 0 Å². The first-order chi connectivity index (χ1) is 14.3. The highest BCUT2D eigenvalue weighted by molar-refractivity contribution is 7.89. The number of ether oxygens (including phenoxy) is 4. The highest BCUT2D eigenvalue weighted by Gasteiger charge is 2.34. The quantitative estimate of drug-likeness (QED) is 0.298. The Kier molecular flexibility index (Phi) is 20.8. The lowest BCUT2D eigenvalue weighted by atomic mass is 10.3. The topological polar surface area (TPSA) is 127 Å². The van der Waals surface area contributed by atoms with Crippen LogP contribution in [-0.4, -0.2) is 62.0 Å². The third-order valence-electron chi connectivity index (χ3n) is 3.37. The van der Waals surface area contributed by atoms with Gasteiger partial charge in [-0.15, -0.1) is 0 Å². The standard InChI is InChI=1S/C6H5NO2.C6H12O3.C4H8O.C2H3N.C2H6OS/c8-7(9)6-4-2-1-3-5-6;1-7-6(8-2)4-3-5-9-6;1-2-4-5-3-1;1-2-3;1-4(2)3/h1-5H;3-5H2,1-2H3;1-4H2;1H3;1-2H3. The number of benzene rings is 1. The smallest absolute Gasteiger partial charge is 0.282 e. The Morgan fingerprint density at radius 3 is 1.77 bits per heavy atom. The van der Waals surface area contributed by atoms with Gasteiger partial charge < -0.3 is 23.5 Å². The Morgan fingerprint density at radius 2 is 1.57 bits per heavy atom. The summed E-state index contributed by atoms with van der Waals surface area (Å²) in [4.78, 5) is 9.59. The van der Waals surface area contributed by atoms with Crippen molar-refractivity contribution in [2.75, 3.05) is 46.6 Å². The van der Waals surface area contributed by atoms with E-state index in [1.165, 1.54) is 31.9 Å². The van der Waals surface area contributed by atoms with E-state index in [-0.39, 0.29) is 5.69 Å². The second-order valence-electron chi connectivity index (χ2n) is 5.92. The van der Waals surface area contributed by atoms with Crippen molar-refractivity contribution in [3.05, 3.63) is 40.4 Å². The van der Waals surface area contributed by atoms with Crippen LogP contribution in [-0.2, 0) is 30.1 Å². The summed E-state index contributed by atoms with van der Waals surface area (Å²) < 4.78 is 29.7. The molecule has 1 aromatic carbocycles. The van der Waals surface area contributed by atoms with Gasteiger partial charge in [-0.3, -0.25) is 10.1 Å². The van der Waals surface area contributed by atoms with E-state index in [1.54, 1.807) is 51.0 Å². The largest absolute Gasteiger partial charge is 0.617 e. The number of rotatable bonds is 3. The summed E-state index contributed by atoms with van der Waals surface area (Å²) >= 11 is -0.611. The van der Waals surface area contributed by atoms with Crippen LogP contribution in [0.4, 0.5) is 5.69 Å². The number of methoxy groups -OCH3 is 2. The molecule has 0 atom stereocenters. The number of nitro groups is 1. The monoisotopic (exact) mass is 446 g/mol. The molecule has 0 saturated carbocycles. The molecule has 30 heavy (non-hydrogen) atoms. The first-order valence-corrected chi connectivity index (χ1v) is 11.3. The molecule has 10 heteroatoms. The molecule has 2 aliphatic heterocycles. The third-order valence-corrected chi connectivity index (χ3v) is 3.37. The zero-order chi connectivity index (χ0) is 23.3. The molecular weight excluding hydrogens is 412 g/mol. The van der Waals surface area contributed by atoms with Gasteiger partial charge in [0.2, 0.25) is 0 Å². The maximum atomic E-state index is 10.0. The fourth-order valence-corrected chi connectivity index (χ4v) is 2.05. The molecular formula is C20H34N2O7S. The minimum atomic E-state index is -0.722. The molecule has 0 unspecified atom stereocenters. The molecule has 2 saturated heterocycles. The van der Waals surface area contributed by atoms with Crippen LogP contribution in [0.1, 0.15) is 32.6 Å². The molecule has 0 radical (unpaired) electrons. The SMILES string of the molecule is C1CCOC1.CC#N.COC1(OC)CCCO1.C[S+](C)[O-].O=[N+]([O-])c1ccccc1. The summed E-state index contributed by atoms with van der Waals surface area (Å²) in [5.41, 5.74) is 0.137. The molecule has 0 bridgehead atoms. The maximum Gasteiger partial charge on any atom is 0.282 e. The summed E-state index contributed by atoms with van der Waals surface area (Å²) in [5.74, 6) is -0.722. The summed E-state index contributed by atoms with van der Waals surface area (Å²) in [6.07, 6.45) is 7.68. The molecule has 3 rings (SSSR count). The number of hydrogen-bond acceptors (Lipinski definition) is 8. The van der Waals surface area contributed by atoms with Gasteiger partial charge in [-0.05, 0) is 19.3 Å². The van der Waals surface area contributed by atoms with Gasteiger partial charge in [0.25, 0.3) is 11.7 Å². The van der Waals surface area contributed by atoms with Crippen molar-refractivity contribution in [3.63, 3.8) is 0 Å². The molecule has 2 heterocycles. The Bertz CT molecular complexity index is 542. The number of para-hydroxylation sites is 1. The molecule has 1 aromatic rings. The minimum absolute atomic E-state index is 0.137. The van der Waals surface area contributed by atoms with Crippen LogP contribution < -0.4 is 0 Å². The van der Waals surface area contributed by atoms with Crippen LogP contribution in [0.25, 0.3) is 0 Å². The van der Waals surface area contributed by atoms with Crippen molar-refractivity contribution in [1.82, 2.24) is 0 Å². The van der Waals surface area contributed by atoms with Crippen LogP contribution >= 0.6 is 0 Å². The first kappa shape index (κ1) is 30.5. The van der Waals surface area contributed by atoms with Crippen LogP contribution in [0.15, 0.2) is 30.3 Å². The normalized spacial score (nSPS) is 15.5. The molecule has 172 valence electrons. The Balaban J connectivity index is 0. The number of non-ortho nitro benzene ring substituents is 1. The third kappa shape index (κ3) is 18.3. The predicted molar refractivity (Wildman–Crippen MR) is 116 cm³/mol. The highest BCUT2D eigenvalue weighted by Crippen LogP contribution is 2.26. The average molecular weight is 447 g/mol. The Morgan fingerprint density at radius 1 is 1.10 bits per heavy atom. The van der Waals surface area contributed by atoms with Gasteiger partial charge >= 0.3 is 0 Å². The number of nitrogens with zero attached hydrogens (tertiary/aromatic N) is 2. The lowest BCUT2D eigenvalue weighted by Crippen LogP contribution is -2.31. The molecule has 2 aliphatic rings. The van der Waals surface area contributed by atoms with Crippen molar-refractivity contribution in [3.8, 4) is 6.07 Å². The van der Waals surface area contributed by atoms with E-state index in [0.717, 1.165) is 32.7 Å². The van der Waals surface area contributed by atoms with E-state index in [2.05, 4.69) is 0 Å². The van der Waals surface area contributed by atoms with E-state index < -0.39 is 22.1 Å². The van der Waals surface area contributed by atoms with E-state index in [0.29, 0.717) is 0 Å². The van der Waals surface area contributed by atoms with Crippen LogP contribution in [0.3, 0.4) is 0 Å². The van der Waals surface area contributed by atoms with E-state index in [9.17, 15) is 14.7 Å². The zero-order valence-electron chi connectivity index (χ0n) is 18.5. The van der Waals surface area contributed by atoms with E-state index in [4.69, 9.17) is 24.2 Å². The summed E-state index contributed by atoms with van der Waals surface area (Å²) in [7, 11) is 3.18. The lowest BCUT2D eigenvalue weighted by molar-refractivity contribution is -0.384. The minimum Gasteiger partial charge on any atom is -0.617 e. The van der Waals surface area contributed by atoms with Crippen molar-refractivity contribution in [1.29, 1.82) is 5.26 Å². The van der Waals surface area contributed by atoms with Crippen LogP contribution in [0.5, 0.6) is 0 Å². The first-order valence-electron chi connectivity index (χ1n) is 9.35. The van der Waals surface area contributed by atoms with Gasteiger partial charge in [0, 0.05) is 52.9 Å². The van der Waals surface area contributed by atoms with Gasteiger partial charge in [-0.25, -0.2) is 0 Å². The predicted octanol–water partition coefficient (Wildman–Crippen LogP) is 3.66. The van der Waals surface area contributed by atoms with Crippen molar-refractivity contribution >= 4 is 16.9 Å². The lowest BCUT2D eigenvalue weighted by Gasteiger charge is -2.23. The fourth-order valence-electron chi connectivity index (χ4n) is 2.05. The van der Waals surface area contributed by atoms with Crippen LogP contribution in [0.2, 0.25) is 0 Å². The van der Waals surface area contributed by atoms with Crippen molar-refractivity contribution < 1.29 is 28.4 Å². The van der Waals surface area contributed by atoms with E-state index in [1.807, 2.05) is 0 Å². The fraction of sp³-hybridized carbons (Fsp3) is 0.650. The van der Waals surface area contributed by atoms with Gasteiger partial charge in [-0.1, -0.05) is 29.4 Å². The van der Waals surface area contributed by atoms with Crippen molar-refractivity contribution in [2.45, 2.75) is 38.6 Å². The second kappa shape index (κ2) is 20.5. The van der Waals surface area contributed by atoms with Gasteiger partial charge in [0.1, 0.15) is 0 Å². The van der Waals surface area contributed by atoms with Gasteiger partial charge in [0.05, 0.1) is 30.1 Å².